The van der Waals surface area contributed by atoms with E-state index in [9.17, 15) is 13.2 Å². The van der Waals surface area contributed by atoms with Crippen LogP contribution in [0.15, 0.2) is 24.3 Å². The van der Waals surface area contributed by atoms with E-state index in [2.05, 4.69) is 4.74 Å². The van der Waals surface area contributed by atoms with E-state index in [4.69, 9.17) is 10.0 Å². The second-order valence-electron chi connectivity index (χ2n) is 3.82. The van der Waals surface area contributed by atoms with E-state index >= 15 is 0 Å². The number of rotatable bonds is 5. The maximum atomic E-state index is 11.6. The minimum atomic E-state index is -3.70. The maximum absolute atomic E-state index is 11.6. The second-order valence-corrected chi connectivity index (χ2v) is 5.72. The number of nitrogens with zero attached hydrogens (tertiary/aromatic N) is 1. The summed E-state index contributed by atoms with van der Waals surface area (Å²) < 4.78 is 28.5. The van der Waals surface area contributed by atoms with Crippen LogP contribution in [0.4, 0.5) is 5.69 Å². The molecule has 0 amide bonds. The van der Waals surface area contributed by atoms with Crippen molar-refractivity contribution < 1.29 is 28.0 Å². The molecular formula is C10H14BNO6S. The third-order valence-corrected chi connectivity index (χ3v) is 3.45. The highest BCUT2D eigenvalue weighted by atomic mass is 32.2. The van der Waals surface area contributed by atoms with Gasteiger partial charge >= 0.3 is 13.1 Å². The third-order valence-electron chi connectivity index (χ3n) is 2.28. The average Bonchev–Trinajstić information content (AvgIpc) is 2.33. The highest BCUT2D eigenvalue weighted by molar-refractivity contribution is 7.92. The molecule has 0 bridgehead atoms. The lowest BCUT2D eigenvalue weighted by Gasteiger charge is -2.22. The van der Waals surface area contributed by atoms with Crippen LogP contribution in [0.2, 0.25) is 0 Å². The number of carbonyl (C=O) groups is 1. The number of ether oxygens (including phenoxy) is 1. The number of esters is 1. The molecule has 0 saturated carbocycles. The molecule has 7 nitrogen and oxygen atoms in total. The normalized spacial score (nSPS) is 10.9. The van der Waals surface area contributed by atoms with Crippen LogP contribution in [-0.4, -0.2) is 51.4 Å². The number of methoxy groups -OCH3 is 1. The molecule has 0 aliphatic carbocycles. The van der Waals surface area contributed by atoms with Gasteiger partial charge in [0.05, 0.1) is 31.1 Å². The molecule has 19 heavy (non-hydrogen) atoms. The molecule has 0 atom stereocenters. The fourth-order valence-electron chi connectivity index (χ4n) is 1.49. The fourth-order valence-corrected chi connectivity index (χ4v) is 2.39. The SMILES string of the molecule is COC(=O)c1cccc(N(CB(O)O)S(C)(=O)=O)c1. The average molecular weight is 287 g/mol. The van der Waals surface area contributed by atoms with Gasteiger partial charge in [-0.2, -0.15) is 0 Å². The number of carbonyl (C=O) groups excluding carboxylic acids is 1. The summed E-state index contributed by atoms with van der Waals surface area (Å²) in [6, 6.07) is 5.68. The zero-order valence-electron chi connectivity index (χ0n) is 10.5. The van der Waals surface area contributed by atoms with Crippen molar-refractivity contribution in [2.24, 2.45) is 0 Å². The molecule has 1 rings (SSSR count). The summed E-state index contributed by atoms with van der Waals surface area (Å²) in [7, 11) is -4.31. The Bertz CT molecular complexity index is 559. The topological polar surface area (TPSA) is 104 Å². The quantitative estimate of drug-likeness (QED) is 0.545. The molecule has 104 valence electrons. The van der Waals surface area contributed by atoms with Crippen LogP contribution < -0.4 is 4.31 Å². The van der Waals surface area contributed by atoms with Crippen molar-refractivity contribution in [2.45, 2.75) is 0 Å². The van der Waals surface area contributed by atoms with Gasteiger partial charge in [-0.15, -0.1) is 0 Å². The number of hydrogen-bond donors (Lipinski definition) is 2. The molecule has 0 aliphatic rings. The predicted octanol–water partition coefficient (Wildman–Crippen LogP) is -0.749. The van der Waals surface area contributed by atoms with Gasteiger partial charge in [0, 0.05) is 0 Å². The maximum Gasteiger partial charge on any atom is 0.473 e. The van der Waals surface area contributed by atoms with Gasteiger partial charge < -0.3 is 14.8 Å². The lowest BCUT2D eigenvalue weighted by atomic mass is 9.92. The van der Waals surface area contributed by atoms with Gasteiger partial charge in [0.2, 0.25) is 10.0 Å². The first kappa shape index (κ1) is 15.5. The van der Waals surface area contributed by atoms with E-state index in [1.165, 1.54) is 31.4 Å². The van der Waals surface area contributed by atoms with Crippen molar-refractivity contribution in [3.05, 3.63) is 29.8 Å². The molecule has 9 heteroatoms. The van der Waals surface area contributed by atoms with Crippen LogP contribution in [0.1, 0.15) is 10.4 Å². The fraction of sp³-hybridized carbons (Fsp3) is 0.300. The van der Waals surface area contributed by atoms with Gasteiger partial charge in [0.25, 0.3) is 0 Å². The minimum absolute atomic E-state index is 0.151. The van der Waals surface area contributed by atoms with Crippen LogP contribution >= 0.6 is 0 Å². The van der Waals surface area contributed by atoms with Crippen molar-refractivity contribution in [1.82, 2.24) is 0 Å². The molecule has 0 aromatic heterocycles. The lowest BCUT2D eigenvalue weighted by Crippen LogP contribution is -2.39. The van der Waals surface area contributed by atoms with Crippen LogP contribution in [0.5, 0.6) is 0 Å². The Balaban J connectivity index is 3.20. The molecule has 0 unspecified atom stereocenters. The summed E-state index contributed by atoms with van der Waals surface area (Å²) in [4.78, 5) is 11.4. The van der Waals surface area contributed by atoms with Gasteiger partial charge in [0.1, 0.15) is 0 Å². The Hall–Kier alpha value is -1.58. The first-order valence-corrected chi connectivity index (χ1v) is 7.12. The minimum Gasteiger partial charge on any atom is -0.465 e. The van der Waals surface area contributed by atoms with E-state index in [1.54, 1.807) is 0 Å². The number of sulfonamides is 1. The zero-order valence-corrected chi connectivity index (χ0v) is 11.3. The molecule has 0 fully saturated rings. The zero-order chi connectivity index (χ0) is 14.6. The number of hydrogen-bond acceptors (Lipinski definition) is 6. The van der Waals surface area contributed by atoms with Crippen LogP contribution in [0.3, 0.4) is 0 Å². The monoisotopic (exact) mass is 287 g/mol. The Morgan fingerprint density at radius 2 is 2.05 bits per heavy atom. The molecule has 2 N–H and O–H groups in total. The standard InChI is InChI=1S/C10H14BNO6S/c1-18-10(13)8-4-3-5-9(6-8)12(7-11(14)15)19(2,16)17/h3-6,14-15H,7H2,1-2H3. The molecule has 1 aromatic rings. The van der Waals surface area contributed by atoms with E-state index in [1.807, 2.05) is 0 Å². The number of anilines is 1. The predicted molar refractivity (Wildman–Crippen MR) is 70.2 cm³/mol. The van der Waals surface area contributed by atoms with Crippen molar-refractivity contribution in [1.29, 1.82) is 0 Å². The summed E-state index contributed by atoms with van der Waals surface area (Å²) in [5, 5.41) is 17.9. The van der Waals surface area contributed by atoms with Gasteiger partial charge in [-0.25, -0.2) is 13.2 Å². The summed E-state index contributed by atoms with van der Waals surface area (Å²) in [5.41, 5.74) is 0.319. The van der Waals surface area contributed by atoms with Crippen molar-refractivity contribution in [2.75, 3.05) is 24.1 Å². The summed E-state index contributed by atoms with van der Waals surface area (Å²) >= 11 is 0. The Labute approximate surface area is 111 Å². The molecule has 0 saturated heterocycles. The molecule has 0 spiro atoms. The first-order chi connectivity index (χ1) is 8.75. The lowest BCUT2D eigenvalue weighted by molar-refractivity contribution is 0.0600. The summed E-state index contributed by atoms with van der Waals surface area (Å²) in [6.07, 6.45) is 0.406. The summed E-state index contributed by atoms with van der Waals surface area (Å²) in [5.74, 6) is -0.611. The van der Waals surface area contributed by atoms with E-state index in [0.717, 1.165) is 10.6 Å². The molecular weight excluding hydrogens is 273 g/mol. The summed E-state index contributed by atoms with van der Waals surface area (Å²) in [6.45, 7) is 0. The number of benzene rings is 1. The highest BCUT2D eigenvalue weighted by Gasteiger charge is 2.23. The van der Waals surface area contributed by atoms with Gasteiger partial charge in [0.15, 0.2) is 0 Å². The van der Waals surface area contributed by atoms with E-state index in [0.29, 0.717) is 0 Å². The largest absolute Gasteiger partial charge is 0.473 e. The van der Waals surface area contributed by atoms with Crippen molar-refractivity contribution >= 4 is 28.8 Å². The second kappa shape index (κ2) is 6.05. The molecule has 1 aromatic carbocycles. The third kappa shape index (κ3) is 4.23. The van der Waals surface area contributed by atoms with E-state index in [-0.39, 0.29) is 11.3 Å². The van der Waals surface area contributed by atoms with Gasteiger partial charge in [-0.05, 0) is 18.2 Å². The first-order valence-electron chi connectivity index (χ1n) is 5.28. The van der Waals surface area contributed by atoms with Crippen LogP contribution in [0, 0.1) is 0 Å². The Morgan fingerprint density at radius 1 is 1.42 bits per heavy atom. The van der Waals surface area contributed by atoms with Crippen molar-refractivity contribution in [3.63, 3.8) is 0 Å². The van der Waals surface area contributed by atoms with Crippen molar-refractivity contribution in [3.8, 4) is 0 Å². The molecule has 0 aliphatic heterocycles. The van der Waals surface area contributed by atoms with Gasteiger partial charge in [-0.3, -0.25) is 4.31 Å². The van der Waals surface area contributed by atoms with Gasteiger partial charge in [-0.1, -0.05) is 6.07 Å². The van der Waals surface area contributed by atoms with Crippen LogP contribution in [0.25, 0.3) is 0 Å². The smallest absolute Gasteiger partial charge is 0.465 e. The highest BCUT2D eigenvalue weighted by Crippen LogP contribution is 2.19. The molecule has 0 heterocycles. The molecule has 0 radical (unpaired) electrons. The van der Waals surface area contributed by atoms with Crippen LogP contribution in [-0.2, 0) is 14.8 Å². The Kier molecular flexibility index (Phi) is 4.93. The van der Waals surface area contributed by atoms with E-state index < -0.39 is 29.6 Å². The Morgan fingerprint density at radius 3 is 2.53 bits per heavy atom.